The zero-order valence-electron chi connectivity index (χ0n) is 17.2. The predicted molar refractivity (Wildman–Crippen MR) is 113 cm³/mol. The Morgan fingerprint density at radius 2 is 1.82 bits per heavy atom. The van der Waals surface area contributed by atoms with Crippen LogP contribution in [0.15, 0.2) is 42.5 Å². The summed E-state index contributed by atoms with van der Waals surface area (Å²) in [6.07, 6.45) is 1.80. The lowest BCUT2D eigenvalue weighted by Gasteiger charge is -2.20. The molecule has 2 amide bonds. The molecule has 0 aromatic heterocycles. The first kappa shape index (κ1) is 21.5. The molecule has 0 fully saturated rings. The third-order valence-electron chi connectivity index (χ3n) is 4.52. The van der Waals surface area contributed by atoms with E-state index < -0.39 is 6.10 Å². The Morgan fingerprint density at radius 1 is 1.07 bits per heavy atom. The molecule has 0 saturated heterocycles. The number of amides is 2. The number of benzene rings is 2. The first-order valence-electron chi connectivity index (χ1n) is 9.88. The number of carbonyl (C=O) groups is 2. The summed E-state index contributed by atoms with van der Waals surface area (Å²) < 4.78 is 5.98. The Kier molecular flexibility index (Phi) is 8.05. The lowest BCUT2D eigenvalue weighted by Crippen LogP contribution is -2.33. The van der Waals surface area contributed by atoms with E-state index in [1.54, 1.807) is 24.3 Å². The maximum Gasteiger partial charge on any atom is 0.265 e. The van der Waals surface area contributed by atoms with Crippen LogP contribution in [0.2, 0.25) is 0 Å². The molecule has 0 spiro atoms. The van der Waals surface area contributed by atoms with Gasteiger partial charge in [-0.2, -0.15) is 0 Å². The van der Waals surface area contributed by atoms with E-state index in [9.17, 15) is 9.59 Å². The molecule has 0 aliphatic carbocycles. The number of unbranched alkanes of at least 4 members (excludes halogenated alkanes) is 1. The van der Waals surface area contributed by atoms with Crippen LogP contribution < -0.4 is 15.4 Å². The Balaban J connectivity index is 2.12. The fourth-order valence-electron chi connectivity index (χ4n) is 2.79. The minimum atomic E-state index is -0.642. The lowest BCUT2D eigenvalue weighted by atomic mass is 10.1. The van der Waals surface area contributed by atoms with Gasteiger partial charge < -0.3 is 15.4 Å². The van der Waals surface area contributed by atoms with Gasteiger partial charge in [0.25, 0.3) is 11.8 Å². The van der Waals surface area contributed by atoms with Gasteiger partial charge in [0, 0.05) is 6.54 Å². The number of anilines is 1. The van der Waals surface area contributed by atoms with E-state index in [1.807, 2.05) is 39.0 Å². The molecule has 0 aliphatic heterocycles. The maximum atomic E-state index is 12.8. The van der Waals surface area contributed by atoms with E-state index in [1.165, 1.54) is 0 Å². The third kappa shape index (κ3) is 5.84. The Labute approximate surface area is 167 Å². The van der Waals surface area contributed by atoms with Crippen LogP contribution in [0.5, 0.6) is 5.75 Å². The molecular formula is C23H30N2O3. The van der Waals surface area contributed by atoms with Gasteiger partial charge in [0.15, 0.2) is 6.10 Å². The molecule has 28 heavy (non-hydrogen) atoms. The molecule has 150 valence electrons. The molecular weight excluding hydrogens is 352 g/mol. The highest BCUT2D eigenvalue weighted by atomic mass is 16.5. The Morgan fingerprint density at radius 3 is 2.54 bits per heavy atom. The number of ether oxygens (including phenoxy) is 1. The van der Waals surface area contributed by atoms with Crippen molar-refractivity contribution in [2.75, 3.05) is 11.9 Å². The number of hydrogen-bond donors (Lipinski definition) is 2. The summed E-state index contributed by atoms with van der Waals surface area (Å²) >= 11 is 0. The third-order valence-corrected chi connectivity index (χ3v) is 4.52. The topological polar surface area (TPSA) is 67.4 Å². The first-order valence-corrected chi connectivity index (χ1v) is 9.88. The zero-order chi connectivity index (χ0) is 20.5. The van der Waals surface area contributed by atoms with Gasteiger partial charge in [-0.3, -0.25) is 9.59 Å². The van der Waals surface area contributed by atoms with Crippen molar-refractivity contribution < 1.29 is 14.3 Å². The van der Waals surface area contributed by atoms with Crippen molar-refractivity contribution in [1.29, 1.82) is 0 Å². The molecule has 2 N–H and O–H groups in total. The minimum Gasteiger partial charge on any atom is -0.480 e. The molecule has 5 heteroatoms. The summed E-state index contributed by atoms with van der Waals surface area (Å²) in [5.74, 6) is 0.248. The summed E-state index contributed by atoms with van der Waals surface area (Å²) in [5.41, 5.74) is 3.00. The van der Waals surface area contributed by atoms with Gasteiger partial charge in [-0.25, -0.2) is 0 Å². The highest BCUT2D eigenvalue weighted by Crippen LogP contribution is 2.22. The molecule has 0 bridgehead atoms. The van der Waals surface area contributed by atoms with Crippen LogP contribution >= 0.6 is 0 Å². The Hall–Kier alpha value is -2.82. The average Bonchev–Trinajstić information content (AvgIpc) is 2.69. The van der Waals surface area contributed by atoms with E-state index in [0.717, 1.165) is 24.0 Å². The number of aryl methyl sites for hydroxylation is 2. The first-order chi connectivity index (χ1) is 13.5. The molecule has 1 atom stereocenters. The molecule has 2 aromatic rings. The molecule has 0 radical (unpaired) electrons. The largest absolute Gasteiger partial charge is 0.480 e. The number of nitrogens with one attached hydrogen (secondary N) is 2. The maximum absolute atomic E-state index is 12.8. The van der Waals surface area contributed by atoms with E-state index in [2.05, 4.69) is 17.6 Å². The molecule has 5 nitrogen and oxygen atoms in total. The van der Waals surface area contributed by atoms with Gasteiger partial charge >= 0.3 is 0 Å². The zero-order valence-corrected chi connectivity index (χ0v) is 17.2. The quantitative estimate of drug-likeness (QED) is 0.621. The molecule has 0 saturated carbocycles. The molecule has 2 aromatic carbocycles. The predicted octanol–water partition coefficient (Wildman–Crippen LogP) is 4.63. The molecule has 0 aliphatic rings. The summed E-state index contributed by atoms with van der Waals surface area (Å²) in [6, 6.07) is 12.9. The Bertz CT molecular complexity index is 817. The summed E-state index contributed by atoms with van der Waals surface area (Å²) in [7, 11) is 0. The van der Waals surface area contributed by atoms with Crippen LogP contribution in [0.1, 0.15) is 54.6 Å². The number of hydrogen-bond acceptors (Lipinski definition) is 3. The summed E-state index contributed by atoms with van der Waals surface area (Å²) in [5, 5.41) is 5.75. The second kappa shape index (κ2) is 10.5. The number of carbonyl (C=O) groups excluding carboxylic acids is 2. The van der Waals surface area contributed by atoms with Gasteiger partial charge in [-0.1, -0.05) is 44.5 Å². The van der Waals surface area contributed by atoms with Crippen LogP contribution in [0, 0.1) is 13.8 Å². The second-order valence-electron chi connectivity index (χ2n) is 6.93. The van der Waals surface area contributed by atoms with E-state index in [0.29, 0.717) is 30.0 Å². The number of para-hydroxylation sites is 1. The van der Waals surface area contributed by atoms with Crippen LogP contribution in [0.25, 0.3) is 0 Å². The van der Waals surface area contributed by atoms with Crippen molar-refractivity contribution in [3.05, 3.63) is 59.2 Å². The lowest BCUT2D eigenvalue weighted by molar-refractivity contribution is -0.122. The normalized spacial score (nSPS) is 11.6. The minimum absolute atomic E-state index is 0.187. The molecule has 2 rings (SSSR count). The highest BCUT2D eigenvalue weighted by Gasteiger charge is 2.21. The van der Waals surface area contributed by atoms with Crippen LogP contribution in [-0.2, 0) is 4.79 Å². The van der Waals surface area contributed by atoms with Crippen LogP contribution in [0.3, 0.4) is 0 Å². The fraction of sp³-hybridized carbons (Fsp3) is 0.391. The SMILES string of the molecule is CCCCNC(=O)c1ccccc1NC(=O)[C@H](CC)Oc1cc(C)ccc1C. The smallest absolute Gasteiger partial charge is 0.265 e. The van der Waals surface area contributed by atoms with Crippen molar-refractivity contribution in [1.82, 2.24) is 5.32 Å². The van der Waals surface area contributed by atoms with Crippen molar-refractivity contribution in [2.45, 2.75) is 53.1 Å². The highest BCUT2D eigenvalue weighted by molar-refractivity contribution is 6.04. The number of rotatable bonds is 9. The second-order valence-corrected chi connectivity index (χ2v) is 6.93. The molecule has 0 heterocycles. The van der Waals surface area contributed by atoms with E-state index >= 15 is 0 Å². The van der Waals surface area contributed by atoms with Crippen LogP contribution in [0.4, 0.5) is 5.69 Å². The van der Waals surface area contributed by atoms with Gasteiger partial charge in [0.05, 0.1) is 11.3 Å². The van der Waals surface area contributed by atoms with Crippen molar-refractivity contribution in [3.63, 3.8) is 0 Å². The van der Waals surface area contributed by atoms with Crippen molar-refractivity contribution in [3.8, 4) is 5.75 Å². The van der Waals surface area contributed by atoms with E-state index in [-0.39, 0.29) is 11.8 Å². The van der Waals surface area contributed by atoms with Crippen LogP contribution in [-0.4, -0.2) is 24.5 Å². The van der Waals surface area contributed by atoms with Gasteiger partial charge in [-0.15, -0.1) is 0 Å². The van der Waals surface area contributed by atoms with Gasteiger partial charge in [-0.05, 0) is 56.0 Å². The van der Waals surface area contributed by atoms with Crippen molar-refractivity contribution >= 4 is 17.5 Å². The van der Waals surface area contributed by atoms with Crippen molar-refractivity contribution in [2.24, 2.45) is 0 Å². The van der Waals surface area contributed by atoms with Gasteiger partial charge in [0.2, 0.25) is 0 Å². The standard InChI is InChI=1S/C23H30N2O3/c1-5-7-14-24-22(26)18-10-8-9-11-19(18)25-23(27)20(6-2)28-21-15-16(3)12-13-17(21)4/h8-13,15,20H,5-7,14H2,1-4H3,(H,24,26)(H,25,27)/t20-/m0/s1. The van der Waals surface area contributed by atoms with E-state index in [4.69, 9.17) is 4.74 Å². The summed E-state index contributed by atoms with van der Waals surface area (Å²) in [6.45, 7) is 8.53. The molecule has 0 unspecified atom stereocenters. The monoisotopic (exact) mass is 382 g/mol. The average molecular weight is 383 g/mol. The fourth-order valence-corrected chi connectivity index (χ4v) is 2.79. The van der Waals surface area contributed by atoms with Gasteiger partial charge in [0.1, 0.15) is 5.75 Å². The summed E-state index contributed by atoms with van der Waals surface area (Å²) in [4.78, 5) is 25.3.